The van der Waals surface area contributed by atoms with Crippen LogP contribution < -0.4 is 14.7 Å². The quantitative estimate of drug-likeness (QED) is 0.152. The molecule has 6 atom stereocenters. The molecule has 21 nitrogen and oxygen atoms in total. The number of amides is 3. The summed E-state index contributed by atoms with van der Waals surface area (Å²) in [6, 6.07) is -4.27. The van der Waals surface area contributed by atoms with Crippen LogP contribution in [0.4, 0.5) is 17.5 Å². The summed E-state index contributed by atoms with van der Waals surface area (Å²) >= 11 is 0. The zero-order valence-electron chi connectivity index (χ0n) is 65.3. The van der Waals surface area contributed by atoms with Gasteiger partial charge in [-0.1, -0.05) is 20.6 Å². The van der Waals surface area contributed by atoms with Crippen LogP contribution in [-0.4, -0.2) is 175 Å². The molecule has 3 aliphatic heterocycles. The summed E-state index contributed by atoms with van der Waals surface area (Å²) in [7, 11) is 0. The maximum atomic E-state index is 12.7. The van der Waals surface area contributed by atoms with E-state index in [1.807, 2.05) is 0 Å². The van der Waals surface area contributed by atoms with Gasteiger partial charge in [-0.15, -0.1) is 0 Å². The van der Waals surface area contributed by atoms with E-state index in [9.17, 15) is 14.4 Å². The molecule has 378 valence electrons. The lowest BCUT2D eigenvalue weighted by atomic mass is 9.92. The molecular formula is C51H66N18O3. The van der Waals surface area contributed by atoms with Crippen LogP contribution in [0.3, 0.4) is 0 Å². The fourth-order valence-electron chi connectivity index (χ4n) is 8.36. The lowest BCUT2D eigenvalue weighted by molar-refractivity contribution is -0.131. The molecular weight excluding hydrogens is 913 g/mol. The Bertz CT molecular complexity index is 4140. The molecule has 6 aromatic rings. The summed E-state index contributed by atoms with van der Waals surface area (Å²) < 4.78 is 210. The van der Waals surface area contributed by atoms with Crippen LogP contribution in [0.15, 0.2) is 37.1 Å². The second-order valence-electron chi connectivity index (χ2n) is 16.8. The number of hydrogen-bond acceptors (Lipinski definition) is 12. The van der Waals surface area contributed by atoms with Gasteiger partial charge in [-0.05, 0) is 75.9 Å². The van der Waals surface area contributed by atoms with E-state index in [0.717, 1.165) is 43.5 Å². The van der Waals surface area contributed by atoms with E-state index in [4.69, 9.17) is 55.4 Å². The standard InChI is InChI=1S/3C17H22N6O/c3*1-11-5-6-23(15(24)8-18-3)9-14(11)22(4)17-13-7-12(2)21-16(13)19-10-20-17/h3*7,10-11,14H,5-6,8-9H2,1-2,4H3,(H,19,20,21)/t3*11-,14+/m111/s1/i1D3,4D3,7D,8D2,11D;4D3,7D,8D2,11D;1D3,4D3,7D,8D2. The zero-order valence-corrected chi connectivity index (χ0v) is 39.3. The number of piperidine rings is 3. The molecule has 0 bridgehead atoms. The van der Waals surface area contributed by atoms with Crippen LogP contribution >= 0.6 is 0 Å². The summed E-state index contributed by atoms with van der Waals surface area (Å²) in [6.07, 6.45) is 2.72. The molecule has 0 spiro atoms. The first-order valence-corrected chi connectivity index (χ1v) is 22.1. The first-order chi connectivity index (χ1) is 44.7. The van der Waals surface area contributed by atoms with Crippen molar-refractivity contribution >= 4 is 68.3 Å². The number of aromatic amines is 3. The van der Waals surface area contributed by atoms with E-state index in [1.165, 1.54) is 0 Å². The molecule has 9 rings (SSSR count). The average molecular weight is 1010 g/mol. The number of nitrogens with one attached hydrogen (secondary N) is 3. The molecule has 21 heteroatoms. The van der Waals surface area contributed by atoms with Gasteiger partial charge in [-0.2, -0.15) is 0 Å². The molecule has 3 saturated heterocycles. The summed E-state index contributed by atoms with van der Waals surface area (Å²) in [5.41, 5.74) is 1.87. The van der Waals surface area contributed by atoms with Gasteiger partial charge in [0.15, 0.2) is 0 Å². The molecule has 0 unspecified atom stereocenters. The Morgan fingerprint density at radius 2 is 0.972 bits per heavy atom. The molecule has 9 heterocycles. The number of aromatic nitrogens is 9. The topological polar surface area (TPSA) is 208 Å². The van der Waals surface area contributed by atoms with E-state index in [0.29, 0.717) is 22.0 Å². The number of H-pyrrole nitrogens is 3. The molecule has 0 aromatic carbocycles. The van der Waals surface area contributed by atoms with Crippen molar-refractivity contribution in [1.82, 2.24) is 59.6 Å². The molecule has 6 aromatic heterocycles. The van der Waals surface area contributed by atoms with Gasteiger partial charge in [-0.3, -0.25) is 14.4 Å². The van der Waals surface area contributed by atoms with E-state index < -0.39 is 127 Å². The molecule has 0 saturated carbocycles. The minimum atomic E-state index is -3.06. The molecule has 72 heavy (non-hydrogen) atoms. The Kier molecular flexibility index (Phi) is 8.81. The van der Waals surface area contributed by atoms with Crippen LogP contribution in [0.2, 0.25) is 0 Å². The number of anilines is 3. The maximum absolute atomic E-state index is 12.7. The smallest absolute Gasteiger partial charge is 0.302 e. The van der Waals surface area contributed by atoms with Crippen molar-refractivity contribution in [3.63, 3.8) is 0 Å². The van der Waals surface area contributed by atoms with Crippen LogP contribution in [0, 0.1) is 58.2 Å². The van der Waals surface area contributed by atoms with Gasteiger partial charge in [0.1, 0.15) is 61.6 Å². The Balaban J connectivity index is 0.000000207. The summed E-state index contributed by atoms with van der Waals surface area (Å²) in [5, 5.41) is 0.283. The van der Waals surface area contributed by atoms with Crippen molar-refractivity contribution in [1.29, 1.82) is 0 Å². The van der Waals surface area contributed by atoms with E-state index in [-0.39, 0.29) is 108 Å². The minimum absolute atomic E-state index is 0.00366. The van der Waals surface area contributed by atoms with Gasteiger partial charge in [0.25, 0.3) is 19.5 Å². The minimum Gasteiger partial charge on any atom is -0.354 e. The maximum Gasteiger partial charge on any atom is 0.302 e. The number of hydrogen-bond donors (Lipinski definition) is 3. The summed E-state index contributed by atoms with van der Waals surface area (Å²) in [4.78, 5) is 84.2. The molecule has 3 N–H and O–H groups in total. The van der Waals surface area contributed by atoms with Crippen LogP contribution in [0.5, 0.6) is 0 Å². The number of fused-ring (bicyclic) bond motifs is 3. The SMILES string of the molecule is [2H]c1c(C)[nH]c2ncnc(N([C@H]3CN(C(=O)C([2H])([2H])[N+]#[C-])CC[C@@]3([2H])C([2H])([2H])[2H])C([2H])([2H])[2H])c12.[2H]c1c(C)[nH]c2ncnc(N([C@H]3CN(C(=O)C([2H])([2H])[N+]#[C-])CC[C@@]3([2H])C)C([2H])([2H])[2H])c12.[2H]c1c(C)[nH]c2ncnc(N([C@H]3CN(C(=O)C([2H])([2H])[N+]#[C-])CC[C@H]3C([2H])([2H])[2H])C([2H])([2H])[2H])c12. The summed E-state index contributed by atoms with van der Waals surface area (Å²) in [6.45, 7) is 2.42. The van der Waals surface area contributed by atoms with Gasteiger partial charge in [0, 0.05) is 101 Å². The van der Waals surface area contributed by atoms with Gasteiger partial charge < -0.3 is 58.9 Å². The zero-order chi connectivity index (χ0) is 74.1. The number of likely N-dealkylation sites (tertiary alicyclic amines) is 3. The summed E-state index contributed by atoms with van der Waals surface area (Å²) in [5.74, 6) is -8.97. The monoisotopic (exact) mass is 1000 g/mol. The number of carbonyl (C=O) groups is 3. The van der Waals surface area contributed by atoms with Crippen molar-refractivity contribution in [2.75, 3.05) is 94.4 Å². The Morgan fingerprint density at radius 1 is 0.611 bits per heavy atom. The predicted molar refractivity (Wildman–Crippen MR) is 278 cm³/mol. The third-order valence-corrected chi connectivity index (χ3v) is 12.1. The van der Waals surface area contributed by atoms with E-state index in [2.05, 4.69) is 59.4 Å². The van der Waals surface area contributed by atoms with Crippen LogP contribution in [0.25, 0.3) is 47.6 Å². The number of carbonyl (C=O) groups excluding carboxylic acids is 3. The number of aryl methyl sites for hydroxylation is 3. The van der Waals surface area contributed by atoms with Gasteiger partial charge in [-0.25, -0.2) is 49.6 Å². The molecule has 0 aliphatic carbocycles. The first kappa shape index (κ1) is 27.7. The number of rotatable bonds is 9. The van der Waals surface area contributed by atoms with Gasteiger partial charge in [0.2, 0.25) is 0 Å². The Labute approximate surface area is 457 Å². The highest BCUT2D eigenvalue weighted by Crippen LogP contribution is 2.32. The Morgan fingerprint density at radius 3 is 1.35 bits per heavy atom. The van der Waals surface area contributed by atoms with E-state index >= 15 is 0 Å². The molecule has 3 fully saturated rings. The Hall–Kier alpha value is -7.86. The fourth-order valence-corrected chi connectivity index (χ4v) is 8.36. The van der Waals surface area contributed by atoms with Crippen molar-refractivity contribution in [3.05, 3.63) is 88.4 Å². The second kappa shape index (κ2) is 22.9. The van der Waals surface area contributed by atoms with E-state index in [1.54, 1.807) is 27.7 Å². The predicted octanol–water partition coefficient (Wildman–Crippen LogP) is 5.58. The highest BCUT2D eigenvalue weighted by atomic mass is 16.2. The largest absolute Gasteiger partial charge is 0.354 e. The van der Waals surface area contributed by atoms with Crippen molar-refractivity contribution in [2.24, 2.45) is 17.7 Å². The highest BCUT2D eigenvalue weighted by molar-refractivity contribution is 5.90. The number of likely N-dealkylation sites (N-methyl/N-ethyl adjacent to an activating group) is 3. The highest BCUT2D eigenvalue weighted by Gasteiger charge is 2.36. The van der Waals surface area contributed by atoms with Crippen molar-refractivity contribution < 1.29 is 50.0 Å². The third kappa shape index (κ3) is 11.5. The molecule has 3 aliphatic rings. The lowest BCUT2D eigenvalue weighted by Crippen LogP contribution is -2.53. The fraction of sp³-hybridized carbons (Fsp3) is 0.529. The van der Waals surface area contributed by atoms with Gasteiger partial charge in [0.05, 0.1) is 38.4 Å². The lowest BCUT2D eigenvalue weighted by Gasteiger charge is -2.41. The van der Waals surface area contributed by atoms with Gasteiger partial charge >= 0.3 is 17.7 Å². The van der Waals surface area contributed by atoms with Crippen molar-refractivity contribution in [2.45, 2.75) is 78.8 Å². The molecule has 3 amide bonds. The normalized spacial score (nSPS) is 29.7. The molecule has 0 radical (unpaired) electrons. The van der Waals surface area contributed by atoms with Crippen LogP contribution in [-0.2, 0) is 14.4 Å². The number of nitrogens with zero attached hydrogens (tertiary/aromatic N) is 15. The first-order valence-electron chi connectivity index (χ1n) is 35.1. The average Bonchev–Trinajstić information content (AvgIpc) is 1.07. The third-order valence-electron chi connectivity index (χ3n) is 12.1. The van der Waals surface area contributed by atoms with Crippen LogP contribution in [0.1, 0.15) is 92.6 Å². The second-order valence-corrected chi connectivity index (χ2v) is 16.8. The van der Waals surface area contributed by atoms with Crippen molar-refractivity contribution in [3.8, 4) is 0 Å².